The van der Waals surface area contributed by atoms with Crippen LogP contribution in [-0.4, -0.2) is 33.9 Å². The van der Waals surface area contributed by atoms with E-state index in [1.54, 1.807) is 23.7 Å². The molecule has 0 atom stereocenters. The second-order valence-corrected chi connectivity index (χ2v) is 6.14. The van der Waals surface area contributed by atoms with Crippen molar-refractivity contribution >= 4 is 34.1 Å². The van der Waals surface area contributed by atoms with E-state index < -0.39 is 0 Å². The monoisotopic (exact) mass is 425 g/mol. The molecule has 0 fully saturated rings. The Bertz CT molecular complexity index is 871. The third-order valence-electron chi connectivity index (χ3n) is 3.20. The maximum absolute atomic E-state index is 12.0. The van der Waals surface area contributed by atoms with Crippen LogP contribution < -0.4 is 14.8 Å². The highest BCUT2D eigenvalue weighted by Gasteiger charge is 2.14. The van der Waals surface area contributed by atoms with Gasteiger partial charge < -0.3 is 19.4 Å². The molecule has 0 aliphatic carbocycles. The van der Waals surface area contributed by atoms with Gasteiger partial charge in [-0.15, -0.1) is 0 Å². The molecule has 0 bridgehead atoms. The zero-order chi connectivity index (χ0) is 18.4. The fraction of sp³-hybridized carbons (Fsp3) is 0.333. The predicted molar refractivity (Wildman–Crippen MR) is 95.8 cm³/mol. The van der Waals surface area contributed by atoms with E-state index in [2.05, 4.69) is 31.4 Å². The van der Waals surface area contributed by atoms with Crippen LogP contribution in [0.15, 0.2) is 16.6 Å². The van der Waals surface area contributed by atoms with Crippen molar-refractivity contribution in [1.29, 1.82) is 5.26 Å². The first-order valence-corrected chi connectivity index (χ1v) is 8.52. The standard InChI is InChI=1S/C15H16BrN5O3S/c1-3-23-11-5-9(6-17)4-10(16)14(11)24-8-13(22)18-7-12-19-20-15(25)21(12)2/h4-5H,3,7-8H2,1-2H3,(H,18,22)(H,20,25). The van der Waals surface area contributed by atoms with E-state index in [0.717, 1.165) is 0 Å². The lowest BCUT2D eigenvalue weighted by atomic mass is 10.2. The van der Waals surface area contributed by atoms with E-state index in [-0.39, 0.29) is 19.1 Å². The molecule has 1 aromatic heterocycles. The molecule has 2 N–H and O–H groups in total. The van der Waals surface area contributed by atoms with Gasteiger partial charge >= 0.3 is 0 Å². The number of carbonyl (C=O) groups excluding carboxylic acids is 1. The highest BCUT2D eigenvalue weighted by molar-refractivity contribution is 9.10. The first-order chi connectivity index (χ1) is 12.0. The maximum Gasteiger partial charge on any atom is 0.258 e. The van der Waals surface area contributed by atoms with Gasteiger partial charge in [0, 0.05) is 13.1 Å². The Kier molecular flexibility index (Phi) is 6.55. The number of nitriles is 1. The van der Waals surface area contributed by atoms with Gasteiger partial charge in [0.2, 0.25) is 0 Å². The minimum Gasteiger partial charge on any atom is -0.490 e. The molecule has 25 heavy (non-hydrogen) atoms. The van der Waals surface area contributed by atoms with Crippen LogP contribution in [0.25, 0.3) is 0 Å². The van der Waals surface area contributed by atoms with Crippen LogP contribution in [0, 0.1) is 16.1 Å². The number of aromatic nitrogens is 3. The molecule has 0 radical (unpaired) electrons. The van der Waals surface area contributed by atoms with E-state index in [9.17, 15) is 4.79 Å². The Morgan fingerprint density at radius 3 is 2.88 bits per heavy atom. The van der Waals surface area contributed by atoms with Gasteiger partial charge in [-0.25, -0.2) is 0 Å². The third kappa shape index (κ3) is 4.80. The van der Waals surface area contributed by atoms with Crippen molar-refractivity contribution < 1.29 is 14.3 Å². The molecule has 0 aliphatic heterocycles. The Balaban J connectivity index is 2.00. The number of rotatable bonds is 7. The number of nitrogens with zero attached hydrogens (tertiary/aromatic N) is 3. The van der Waals surface area contributed by atoms with E-state index in [4.69, 9.17) is 27.0 Å². The van der Waals surface area contributed by atoms with Gasteiger partial charge in [0.05, 0.1) is 29.3 Å². The van der Waals surface area contributed by atoms with Gasteiger partial charge in [-0.05, 0) is 41.1 Å². The van der Waals surface area contributed by atoms with Crippen LogP contribution in [0.2, 0.25) is 0 Å². The normalized spacial score (nSPS) is 10.2. The summed E-state index contributed by atoms with van der Waals surface area (Å²) in [6.45, 7) is 2.24. The van der Waals surface area contributed by atoms with Gasteiger partial charge in [-0.2, -0.15) is 10.4 Å². The number of hydrogen-bond donors (Lipinski definition) is 2. The summed E-state index contributed by atoms with van der Waals surface area (Å²) in [6, 6.07) is 5.21. The van der Waals surface area contributed by atoms with Crippen molar-refractivity contribution in [2.75, 3.05) is 13.2 Å². The molecule has 1 amide bonds. The molecule has 0 saturated heterocycles. The Hall–Kier alpha value is -2.38. The second kappa shape index (κ2) is 8.64. The van der Waals surface area contributed by atoms with Crippen LogP contribution in [0.3, 0.4) is 0 Å². The van der Waals surface area contributed by atoms with Gasteiger partial charge in [0.25, 0.3) is 5.91 Å². The molecule has 10 heteroatoms. The van der Waals surface area contributed by atoms with Crippen molar-refractivity contribution in [3.63, 3.8) is 0 Å². The summed E-state index contributed by atoms with van der Waals surface area (Å²) in [6.07, 6.45) is 0. The van der Waals surface area contributed by atoms with E-state index in [1.165, 1.54) is 0 Å². The summed E-state index contributed by atoms with van der Waals surface area (Å²) in [7, 11) is 1.76. The van der Waals surface area contributed by atoms with Crippen LogP contribution >= 0.6 is 28.1 Å². The number of hydrogen-bond acceptors (Lipinski definition) is 6. The number of carbonyl (C=O) groups is 1. The van der Waals surface area contributed by atoms with E-state index >= 15 is 0 Å². The Labute approximate surface area is 157 Å². The zero-order valence-corrected chi connectivity index (χ0v) is 16.0. The minimum absolute atomic E-state index is 0.209. The van der Waals surface area contributed by atoms with Crippen molar-refractivity contribution in [3.8, 4) is 17.6 Å². The highest BCUT2D eigenvalue weighted by Crippen LogP contribution is 2.36. The maximum atomic E-state index is 12.0. The van der Waals surface area contributed by atoms with Gasteiger partial charge in [0.1, 0.15) is 0 Å². The summed E-state index contributed by atoms with van der Waals surface area (Å²) < 4.78 is 13.7. The van der Waals surface area contributed by atoms with Crippen molar-refractivity contribution in [2.24, 2.45) is 7.05 Å². The topological polar surface area (TPSA) is 105 Å². The molecule has 0 saturated carbocycles. The smallest absolute Gasteiger partial charge is 0.258 e. The quantitative estimate of drug-likeness (QED) is 0.658. The first-order valence-electron chi connectivity index (χ1n) is 7.32. The minimum atomic E-state index is -0.326. The van der Waals surface area contributed by atoms with Crippen molar-refractivity contribution in [1.82, 2.24) is 20.1 Å². The SMILES string of the molecule is CCOc1cc(C#N)cc(Br)c1OCC(=O)NCc1n[nH]c(=S)n1C. The molecule has 1 aromatic carbocycles. The number of aromatic amines is 1. The van der Waals surface area contributed by atoms with E-state index in [0.29, 0.717) is 38.7 Å². The van der Waals surface area contributed by atoms with Crippen LogP contribution in [0.4, 0.5) is 0 Å². The summed E-state index contributed by atoms with van der Waals surface area (Å²) in [5.41, 5.74) is 0.429. The molecule has 8 nitrogen and oxygen atoms in total. The van der Waals surface area contributed by atoms with Crippen LogP contribution in [0.1, 0.15) is 18.3 Å². The third-order valence-corrected chi connectivity index (χ3v) is 4.16. The zero-order valence-electron chi connectivity index (χ0n) is 13.6. The molecule has 0 unspecified atom stereocenters. The molecule has 2 rings (SSSR count). The second-order valence-electron chi connectivity index (χ2n) is 4.90. The molecular weight excluding hydrogens is 410 g/mol. The average Bonchev–Trinajstić information content (AvgIpc) is 2.91. The highest BCUT2D eigenvalue weighted by atomic mass is 79.9. The Morgan fingerprint density at radius 1 is 1.52 bits per heavy atom. The molecule has 0 spiro atoms. The van der Waals surface area contributed by atoms with Crippen molar-refractivity contribution in [3.05, 3.63) is 32.8 Å². The fourth-order valence-corrected chi connectivity index (χ4v) is 2.65. The number of benzene rings is 1. The average molecular weight is 426 g/mol. The number of halogens is 1. The number of amides is 1. The number of nitrogens with one attached hydrogen (secondary N) is 2. The summed E-state index contributed by atoms with van der Waals surface area (Å²) in [5, 5.41) is 18.4. The summed E-state index contributed by atoms with van der Waals surface area (Å²) in [4.78, 5) is 12.0. The van der Waals surface area contributed by atoms with Crippen molar-refractivity contribution in [2.45, 2.75) is 13.5 Å². The molecule has 1 heterocycles. The number of ether oxygens (including phenoxy) is 2. The van der Waals surface area contributed by atoms with Gasteiger partial charge in [0.15, 0.2) is 28.7 Å². The van der Waals surface area contributed by atoms with Crippen LogP contribution in [0.5, 0.6) is 11.5 Å². The molecule has 132 valence electrons. The lowest BCUT2D eigenvalue weighted by molar-refractivity contribution is -0.123. The summed E-state index contributed by atoms with van der Waals surface area (Å²) in [5.74, 6) is 1.05. The first kappa shape index (κ1) is 19.0. The Morgan fingerprint density at radius 2 is 2.28 bits per heavy atom. The van der Waals surface area contributed by atoms with Gasteiger partial charge in [-0.1, -0.05) is 0 Å². The van der Waals surface area contributed by atoms with Gasteiger partial charge in [-0.3, -0.25) is 9.89 Å². The number of H-pyrrole nitrogens is 1. The summed E-state index contributed by atoms with van der Waals surface area (Å²) >= 11 is 8.34. The largest absolute Gasteiger partial charge is 0.490 e. The lowest BCUT2D eigenvalue weighted by Gasteiger charge is -2.14. The van der Waals surface area contributed by atoms with Crippen LogP contribution in [-0.2, 0) is 18.4 Å². The predicted octanol–water partition coefficient (Wildman–Crippen LogP) is 2.21. The molecule has 2 aromatic rings. The lowest BCUT2D eigenvalue weighted by Crippen LogP contribution is -2.29. The van der Waals surface area contributed by atoms with E-state index in [1.807, 2.05) is 13.0 Å². The molecular formula is C15H16BrN5O3S. The molecule has 0 aliphatic rings. The fourth-order valence-electron chi connectivity index (χ4n) is 1.94.